The molecule has 3 aromatic rings. The van der Waals surface area contributed by atoms with Crippen molar-refractivity contribution in [1.82, 2.24) is 9.88 Å². The zero-order valence-corrected chi connectivity index (χ0v) is 20.6. The van der Waals surface area contributed by atoms with E-state index in [1.807, 2.05) is 38.1 Å². The number of halogens is 1. The molecule has 1 aliphatic heterocycles. The van der Waals surface area contributed by atoms with Crippen molar-refractivity contribution in [2.24, 2.45) is 0 Å². The first-order valence-corrected chi connectivity index (χ1v) is 11.3. The average molecular weight is 508 g/mol. The largest absolute Gasteiger partial charge is 0.318 e. The van der Waals surface area contributed by atoms with Gasteiger partial charge in [-0.3, -0.25) is 19.8 Å². The molecular formula is C25H22BrN3O2S. The molecule has 0 bridgehead atoms. The Hall–Kier alpha value is -3.03. The summed E-state index contributed by atoms with van der Waals surface area (Å²) in [4.78, 5) is 27.3. The topological polar surface area (TPSA) is 54.3 Å². The number of rotatable bonds is 3. The van der Waals surface area contributed by atoms with Crippen molar-refractivity contribution in [3.05, 3.63) is 86.7 Å². The van der Waals surface area contributed by atoms with Crippen molar-refractivity contribution in [3.63, 3.8) is 0 Å². The number of nitrogens with zero attached hydrogens (tertiary/aromatic N) is 2. The summed E-state index contributed by atoms with van der Waals surface area (Å²) in [6.45, 7) is 8.18. The van der Waals surface area contributed by atoms with Gasteiger partial charge in [-0.15, -0.1) is 0 Å². The molecule has 7 heteroatoms. The van der Waals surface area contributed by atoms with Crippen molar-refractivity contribution in [2.75, 3.05) is 4.90 Å². The Bertz CT molecular complexity index is 1310. The lowest BCUT2D eigenvalue weighted by Crippen LogP contribution is -2.54. The van der Waals surface area contributed by atoms with Crippen LogP contribution in [0.5, 0.6) is 0 Å². The minimum absolute atomic E-state index is 0.0442. The second-order valence-corrected chi connectivity index (χ2v) is 9.12. The van der Waals surface area contributed by atoms with Crippen LogP contribution in [0.15, 0.2) is 58.6 Å². The van der Waals surface area contributed by atoms with Gasteiger partial charge in [0, 0.05) is 21.5 Å². The number of nitrogens with one attached hydrogen (secondary N) is 1. The quantitative estimate of drug-likeness (QED) is 0.297. The predicted octanol–water partition coefficient (Wildman–Crippen LogP) is 5.30. The molecule has 0 atom stereocenters. The van der Waals surface area contributed by atoms with Gasteiger partial charge in [0.25, 0.3) is 11.8 Å². The molecule has 2 aromatic carbocycles. The van der Waals surface area contributed by atoms with Crippen LogP contribution in [0, 0.1) is 27.7 Å². The standard InChI is InChI=1S/C25H22BrN3O2S/c1-14-6-5-7-22(16(14)3)28-15(2)12-18(17(28)4)13-21-23(30)27-25(32)29(24(21)31)20-10-8-19(26)9-11-20/h5-13H,1-4H3,(H,27,30,32)/b21-13+. The van der Waals surface area contributed by atoms with Gasteiger partial charge in [0.05, 0.1) is 5.69 Å². The maximum atomic E-state index is 13.3. The molecule has 32 heavy (non-hydrogen) atoms. The number of aryl methyl sites for hydroxylation is 2. The Labute approximate surface area is 200 Å². The Kier molecular flexibility index (Phi) is 5.88. The van der Waals surface area contributed by atoms with Gasteiger partial charge in [-0.05, 0) is 99.1 Å². The van der Waals surface area contributed by atoms with Crippen molar-refractivity contribution in [1.29, 1.82) is 0 Å². The maximum absolute atomic E-state index is 13.3. The molecule has 1 saturated heterocycles. The second-order valence-electron chi connectivity index (χ2n) is 7.82. The van der Waals surface area contributed by atoms with Crippen LogP contribution in [0.1, 0.15) is 28.1 Å². The van der Waals surface area contributed by atoms with Gasteiger partial charge in [0.1, 0.15) is 5.57 Å². The zero-order chi connectivity index (χ0) is 23.2. The normalized spacial score (nSPS) is 15.5. The first-order chi connectivity index (χ1) is 15.2. The molecule has 1 fully saturated rings. The highest BCUT2D eigenvalue weighted by Gasteiger charge is 2.34. The average Bonchev–Trinajstić information content (AvgIpc) is 3.01. The van der Waals surface area contributed by atoms with E-state index < -0.39 is 11.8 Å². The van der Waals surface area contributed by atoms with Gasteiger partial charge in [0.15, 0.2) is 5.11 Å². The van der Waals surface area contributed by atoms with E-state index in [2.05, 4.69) is 51.8 Å². The van der Waals surface area contributed by atoms with Crippen molar-refractivity contribution in [2.45, 2.75) is 27.7 Å². The van der Waals surface area contributed by atoms with Gasteiger partial charge in [-0.1, -0.05) is 28.1 Å². The maximum Gasteiger partial charge on any atom is 0.270 e. The molecule has 1 N–H and O–H groups in total. The van der Waals surface area contributed by atoms with Crippen molar-refractivity contribution < 1.29 is 9.59 Å². The predicted molar refractivity (Wildman–Crippen MR) is 135 cm³/mol. The number of thiocarbonyl (C=S) groups is 1. The highest BCUT2D eigenvalue weighted by molar-refractivity contribution is 9.10. The fourth-order valence-electron chi connectivity index (χ4n) is 3.92. The van der Waals surface area contributed by atoms with Crippen LogP contribution in [0.4, 0.5) is 5.69 Å². The van der Waals surface area contributed by atoms with Crippen LogP contribution < -0.4 is 10.2 Å². The molecule has 0 spiro atoms. The van der Waals surface area contributed by atoms with Gasteiger partial charge < -0.3 is 4.57 Å². The Morgan fingerprint density at radius 3 is 2.38 bits per heavy atom. The third kappa shape index (κ3) is 3.82. The van der Waals surface area contributed by atoms with Crippen LogP contribution in [-0.4, -0.2) is 21.5 Å². The summed E-state index contributed by atoms with van der Waals surface area (Å²) >= 11 is 8.68. The second kappa shape index (κ2) is 8.48. The molecular weight excluding hydrogens is 486 g/mol. The molecule has 5 nitrogen and oxygen atoms in total. The fraction of sp³-hybridized carbons (Fsp3) is 0.160. The SMILES string of the molecule is Cc1cccc(-n2c(C)cc(/C=C3\C(=O)NC(=S)N(c4ccc(Br)cc4)C3=O)c2C)c1C. The summed E-state index contributed by atoms with van der Waals surface area (Å²) in [5, 5.41) is 2.71. The van der Waals surface area contributed by atoms with Crippen LogP contribution >= 0.6 is 28.1 Å². The van der Waals surface area contributed by atoms with E-state index in [1.165, 1.54) is 16.0 Å². The van der Waals surface area contributed by atoms with Crippen LogP contribution in [-0.2, 0) is 9.59 Å². The lowest BCUT2D eigenvalue weighted by atomic mass is 10.1. The van der Waals surface area contributed by atoms with Crippen LogP contribution in [0.3, 0.4) is 0 Å². The lowest BCUT2D eigenvalue weighted by molar-refractivity contribution is -0.122. The third-order valence-corrected chi connectivity index (χ3v) is 6.59. The number of hydrogen-bond acceptors (Lipinski definition) is 3. The number of carbonyl (C=O) groups excluding carboxylic acids is 2. The summed E-state index contributed by atoms with van der Waals surface area (Å²) in [7, 11) is 0. The molecule has 1 aliphatic rings. The summed E-state index contributed by atoms with van der Waals surface area (Å²) in [6.07, 6.45) is 1.65. The molecule has 162 valence electrons. The van der Waals surface area contributed by atoms with Crippen LogP contribution in [0.25, 0.3) is 11.8 Å². The van der Waals surface area contributed by atoms with E-state index in [0.717, 1.165) is 27.1 Å². The molecule has 2 amide bonds. The lowest BCUT2D eigenvalue weighted by Gasteiger charge is -2.29. The zero-order valence-electron chi connectivity index (χ0n) is 18.2. The van der Waals surface area contributed by atoms with Crippen molar-refractivity contribution in [3.8, 4) is 5.69 Å². The monoisotopic (exact) mass is 507 g/mol. The summed E-state index contributed by atoms with van der Waals surface area (Å²) in [5.74, 6) is -0.942. The molecule has 0 unspecified atom stereocenters. The highest BCUT2D eigenvalue weighted by atomic mass is 79.9. The smallest absolute Gasteiger partial charge is 0.270 e. The molecule has 4 rings (SSSR count). The minimum Gasteiger partial charge on any atom is -0.318 e. The fourth-order valence-corrected chi connectivity index (χ4v) is 4.47. The number of benzene rings is 2. The molecule has 1 aromatic heterocycles. The summed E-state index contributed by atoms with van der Waals surface area (Å²) < 4.78 is 3.03. The number of carbonyl (C=O) groups is 2. The Morgan fingerprint density at radius 2 is 1.69 bits per heavy atom. The van der Waals surface area contributed by atoms with E-state index in [9.17, 15) is 9.59 Å². The Balaban J connectivity index is 1.78. The first kappa shape index (κ1) is 22.2. The van der Waals surface area contributed by atoms with Crippen LogP contribution in [0.2, 0.25) is 0 Å². The molecule has 2 heterocycles. The van der Waals surface area contributed by atoms with Gasteiger partial charge >= 0.3 is 0 Å². The van der Waals surface area contributed by atoms with E-state index in [0.29, 0.717) is 5.69 Å². The molecule has 0 aliphatic carbocycles. The Morgan fingerprint density at radius 1 is 1.00 bits per heavy atom. The summed E-state index contributed by atoms with van der Waals surface area (Å²) in [6, 6.07) is 15.4. The highest BCUT2D eigenvalue weighted by Crippen LogP contribution is 2.28. The number of amides is 2. The minimum atomic E-state index is -0.495. The third-order valence-electron chi connectivity index (χ3n) is 5.77. The summed E-state index contributed by atoms with van der Waals surface area (Å²) in [5.41, 5.74) is 6.90. The van der Waals surface area contributed by atoms with E-state index >= 15 is 0 Å². The van der Waals surface area contributed by atoms with Gasteiger partial charge in [-0.25, -0.2) is 0 Å². The number of anilines is 1. The molecule has 0 saturated carbocycles. The van der Waals surface area contributed by atoms with E-state index in [1.54, 1.807) is 18.2 Å². The van der Waals surface area contributed by atoms with Gasteiger partial charge in [-0.2, -0.15) is 0 Å². The number of aromatic nitrogens is 1. The van der Waals surface area contributed by atoms with E-state index in [4.69, 9.17) is 12.2 Å². The van der Waals surface area contributed by atoms with Gasteiger partial charge in [0.2, 0.25) is 0 Å². The first-order valence-electron chi connectivity index (χ1n) is 10.1. The van der Waals surface area contributed by atoms with E-state index in [-0.39, 0.29) is 10.7 Å². The molecule has 0 radical (unpaired) electrons. The van der Waals surface area contributed by atoms with Crippen molar-refractivity contribution >= 4 is 56.8 Å². The number of hydrogen-bond donors (Lipinski definition) is 1.